The minimum atomic E-state index is -0.767. The number of carbonyl (C=O) groups excluding carboxylic acids is 1. The SMILES string of the molecule is CCC(C)CN(C)C(=O)N1CCN(CCC(=O)O)CC1. The second-order valence-electron chi connectivity index (χ2n) is 5.65. The van der Waals surface area contributed by atoms with E-state index in [-0.39, 0.29) is 12.5 Å². The molecule has 1 heterocycles. The minimum Gasteiger partial charge on any atom is -0.481 e. The first kappa shape index (κ1) is 16.8. The third-order valence-corrected chi connectivity index (χ3v) is 3.89. The molecule has 2 amide bonds. The Morgan fingerprint density at radius 3 is 2.35 bits per heavy atom. The molecule has 0 aliphatic carbocycles. The maximum atomic E-state index is 12.3. The van der Waals surface area contributed by atoms with Gasteiger partial charge in [0, 0.05) is 46.3 Å². The molecule has 1 rings (SSSR count). The fraction of sp³-hybridized carbons (Fsp3) is 0.857. The maximum absolute atomic E-state index is 12.3. The Balaban J connectivity index is 2.33. The van der Waals surface area contributed by atoms with Crippen molar-refractivity contribution in [1.82, 2.24) is 14.7 Å². The second kappa shape index (κ2) is 8.09. The monoisotopic (exact) mass is 285 g/mol. The van der Waals surface area contributed by atoms with Gasteiger partial charge in [0.15, 0.2) is 0 Å². The van der Waals surface area contributed by atoms with E-state index in [1.54, 1.807) is 4.90 Å². The highest BCUT2D eigenvalue weighted by atomic mass is 16.4. The molecule has 1 aliphatic heterocycles. The number of hydrogen-bond donors (Lipinski definition) is 1. The highest BCUT2D eigenvalue weighted by Gasteiger charge is 2.24. The van der Waals surface area contributed by atoms with Crippen LogP contribution in [-0.2, 0) is 4.79 Å². The van der Waals surface area contributed by atoms with Crippen molar-refractivity contribution in [1.29, 1.82) is 0 Å². The molecule has 1 aliphatic rings. The van der Waals surface area contributed by atoms with Crippen molar-refractivity contribution in [2.75, 3.05) is 46.3 Å². The lowest BCUT2D eigenvalue weighted by atomic mass is 10.1. The standard InChI is InChI=1S/C14H27N3O3/c1-4-12(2)11-15(3)14(20)17-9-7-16(8-10-17)6-5-13(18)19/h12H,4-11H2,1-3H3,(H,18,19). The summed E-state index contributed by atoms with van der Waals surface area (Å²) in [7, 11) is 1.85. The largest absolute Gasteiger partial charge is 0.481 e. The number of urea groups is 1. The van der Waals surface area contributed by atoms with E-state index in [0.29, 0.717) is 25.6 Å². The molecular formula is C14H27N3O3. The van der Waals surface area contributed by atoms with Crippen LogP contribution in [0.2, 0.25) is 0 Å². The number of rotatable bonds is 6. The molecule has 1 saturated heterocycles. The van der Waals surface area contributed by atoms with Gasteiger partial charge < -0.3 is 14.9 Å². The van der Waals surface area contributed by atoms with Gasteiger partial charge in [-0.05, 0) is 5.92 Å². The van der Waals surface area contributed by atoms with Gasteiger partial charge >= 0.3 is 12.0 Å². The Morgan fingerprint density at radius 1 is 1.25 bits per heavy atom. The molecule has 1 atom stereocenters. The fourth-order valence-electron chi connectivity index (χ4n) is 2.33. The van der Waals surface area contributed by atoms with Crippen LogP contribution >= 0.6 is 0 Å². The number of carbonyl (C=O) groups is 2. The zero-order valence-electron chi connectivity index (χ0n) is 12.8. The van der Waals surface area contributed by atoms with E-state index in [2.05, 4.69) is 18.7 Å². The van der Waals surface area contributed by atoms with Crippen LogP contribution in [0.3, 0.4) is 0 Å². The van der Waals surface area contributed by atoms with Crippen LogP contribution in [0.5, 0.6) is 0 Å². The summed E-state index contributed by atoms with van der Waals surface area (Å²) >= 11 is 0. The summed E-state index contributed by atoms with van der Waals surface area (Å²) in [5.74, 6) is -0.252. The van der Waals surface area contributed by atoms with E-state index >= 15 is 0 Å². The predicted octanol–water partition coefficient (Wildman–Crippen LogP) is 1.18. The number of carboxylic acid groups (broad SMARTS) is 1. The number of amides is 2. The van der Waals surface area contributed by atoms with Gasteiger partial charge in [0.25, 0.3) is 0 Å². The van der Waals surface area contributed by atoms with Crippen molar-refractivity contribution < 1.29 is 14.7 Å². The molecule has 0 aromatic heterocycles. The summed E-state index contributed by atoms with van der Waals surface area (Å²) < 4.78 is 0. The Bertz CT molecular complexity index is 328. The first-order valence-corrected chi connectivity index (χ1v) is 7.38. The van der Waals surface area contributed by atoms with Crippen molar-refractivity contribution in [2.24, 2.45) is 5.92 Å². The topological polar surface area (TPSA) is 64.1 Å². The lowest BCUT2D eigenvalue weighted by Gasteiger charge is -2.37. The number of piperazine rings is 1. The van der Waals surface area contributed by atoms with E-state index in [1.165, 1.54) is 0 Å². The van der Waals surface area contributed by atoms with Crippen molar-refractivity contribution >= 4 is 12.0 Å². The van der Waals surface area contributed by atoms with Crippen LogP contribution in [-0.4, -0.2) is 78.1 Å². The minimum absolute atomic E-state index is 0.0863. The van der Waals surface area contributed by atoms with E-state index in [1.807, 2.05) is 11.9 Å². The molecule has 0 aromatic carbocycles. The van der Waals surface area contributed by atoms with Gasteiger partial charge in [-0.25, -0.2) is 4.79 Å². The van der Waals surface area contributed by atoms with Crippen LogP contribution in [0, 0.1) is 5.92 Å². The quantitative estimate of drug-likeness (QED) is 0.796. The zero-order chi connectivity index (χ0) is 15.1. The van der Waals surface area contributed by atoms with Gasteiger partial charge in [-0.3, -0.25) is 9.69 Å². The summed E-state index contributed by atoms with van der Waals surface area (Å²) in [4.78, 5) is 28.6. The third kappa shape index (κ3) is 5.36. The zero-order valence-corrected chi connectivity index (χ0v) is 12.8. The lowest BCUT2D eigenvalue weighted by molar-refractivity contribution is -0.137. The van der Waals surface area contributed by atoms with Crippen LogP contribution in [0.15, 0.2) is 0 Å². The van der Waals surface area contributed by atoms with Crippen molar-refractivity contribution in [3.8, 4) is 0 Å². The molecule has 1 fully saturated rings. The van der Waals surface area contributed by atoms with Crippen molar-refractivity contribution in [3.05, 3.63) is 0 Å². The van der Waals surface area contributed by atoms with Gasteiger partial charge in [0.1, 0.15) is 0 Å². The molecule has 0 saturated carbocycles. The predicted molar refractivity (Wildman–Crippen MR) is 77.7 cm³/mol. The number of hydrogen-bond acceptors (Lipinski definition) is 3. The molecule has 0 aromatic rings. The smallest absolute Gasteiger partial charge is 0.319 e. The highest BCUT2D eigenvalue weighted by Crippen LogP contribution is 2.08. The van der Waals surface area contributed by atoms with E-state index in [4.69, 9.17) is 5.11 Å². The van der Waals surface area contributed by atoms with Gasteiger partial charge in [0.2, 0.25) is 0 Å². The first-order chi connectivity index (χ1) is 9.43. The third-order valence-electron chi connectivity index (χ3n) is 3.89. The molecule has 0 radical (unpaired) electrons. The van der Waals surface area contributed by atoms with E-state index < -0.39 is 5.97 Å². The molecule has 0 bridgehead atoms. The second-order valence-corrected chi connectivity index (χ2v) is 5.65. The summed E-state index contributed by atoms with van der Waals surface area (Å²) in [6.07, 6.45) is 1.24. The highest BCUT2D eigenvalue weighted by molar-refractivity contribution is 5.74. The first-order valence-electron chi connectivity index (χ1n) is 7.38. The van der Waals surface area contributed by atoms with Gasteiger partial charge in [-0.1, -0.05) is 20.3 Å². The summed E-state index contributed by atoms with van der Waals surface area (Å²) in [5.41, 5.74) is 0. The summed E-state index contributed by atoms with van der Waals surface area (Å²) in [6.45, 7) is 8.52. The van der Waals surface area contributed by atoms with E-state index in [9.17, 15) is 9.59 Å². The Labute approximate surface area is 121 Å². The lowest BCUT2D eigenvalue weighted by Crippen LogP contribution is -2.52. The van der Waals surface area contributed by atoms with Crippen LogP contribution in [0.1, 0.15) is 26.7 Å². The Kier molecular flexibility index (Phi) is 6.78. The molecular weight excluding hydrogens is 258 g/mol. The molecule has 6 nitrogen and oxygen atoms in total. The van der Waals surface area contributed by atoms with Crippen LogP contribution < -0.4 is 0 Å². The molecule has 116 valence electrons. The maximum Gasteiger partial charge on any atom is 0.319 e. The van der Waals surface area contributed by atoms with Crippen molar-refractivity contribution in [2.45, 2.75) is 26.7 Å². The molecule has 6 heteroatoms. The number of carboxylic acids is 1. The summed E-state index contributed by atoms with van der Waals surface area (Å²) in [5, 5.41) is 8.67. The average Bonchev–Trinajstić information content (AvgIpc) is 2.44. The normalized spacial score (nSPS) is 17.9. The molecule has 0 spiro atoms. The molecule has 20 heavy (non-hydrogen) atoms. The van der Waals surface area contributed by atoms with Gasteiger partial charge in [0.05, 0.1) is 6.42 Å². The van der Waals surface area contributed by atoms with Gasteiger partial charge in [-0.2, -0.15) is 0 Å². The Hall–Kier alpha value is -1.30. The molecule has 1 N–H and O–H groups in total. The van der Waals surface area contributed by atoms with Crippen LogP contribution in [0.25, 0.3) is 0 Å². The fourth-order valence-corrected chi connectivity index (χ4v) is 2.33. The number of aliphatic carboxylic acids is 1. The van der Waals surface area contributed by atoms with Crippen LogP contribution in [0.4, 0.5) is 4.79 Å². The van der Waals surface area contributed by atoms with Crippen molar-refractivity contribution in [3.63, 3.8) is 0 Å². The number of nitrogens with zero attached hydrogens (tertiary/aromatic N) is 3. The van der Waals surface area contributed by atoms with E-state index in [0.717, 1.165) is 26.1 Å². The summed E-state index contributed by atoms with van der Waals surface area (Å²) in [6, 6.07) is 0.0863. The van der Waals surface area contributed by atoms with Gasteiger partial charge in [-0.15, -0.1) is 0 Å². The molecule has 1 unspecified atom stereocenters. The Morgan fingerprint density at radius 2 is 1.85 bits per heavy atom. The average molecular weight is 285 g/mol.